The second-order valence-corrected chi connectivity index (χ2v) is 8.70. The Morgan fingerprint density at radius 1 is 1.22 bits per heavy atom. The molecule has 1 aromatic heterocycles. The van der Waals surface area contributed by atoms with Crippen molar-refractivity contribution in [1.29, 1.82) is 0 Å². The van der Waals surface area contributed by atoms with Crippen LogP contribution in [-0.4, -0.2) is 67.3 Å². The highest BCUT2D eigenvalue weighted by Crippen LogP contribution is 2.22. The van der Waals surface area contributed by atoms with E-state index < -0.39 is 0 Å². The average molecular weight is 556 g/mol. The second-order valence-electron chi connectivity index (χ2n) is 8.70. The first-order valence-electron chi connectivity index (χ1n) is 12.1. The third-order valence-electron chi connectivity index (χ3n) is 6.05. The largest absolute Gasteiger partial charge is 0.377 e. The molecule has 0 unspecified atom stereocenters. The maximum absolute atomic E-state index is 5.69. The Morgan fingerprint density at radius 3 is 2.69 bits per heavy atom. The third kappa shape index (κ3) is 7.92. The van der Waals surface area contributed by atoms with Gasteiger partial charge in [0.25, 0.3) is 0 Å². The monoisotopic (exact) mass is 555 g/mol. The van der Waals surface area contributed by atoms with E-state index in [1.807, 2.05) is 0 Å². The number of aryl methyl sites for hydroxylation is 1. The first kappa shape index (κ1) is 26.9. The summed E-state index contributed by atoms with van der Waals surface area (Å²) in [4.78, 5) is 10.8. The Labute approximate surface area is 211 Å². The van der Waals surface area contributed by atoms with E-state index in [0.717, 1.165) is 71.0 Å². The van der Waals surface area contributed by atoms with E-state index in [2.05, 4.69) is 72.6 Å². The van der Waals surface area contributed by atoms with Gasteiger partial charge in [0.2, 0.25) is 0 Å². The van der Waals surface area contributed by atoms with Crippen LogP contribution in [0.1, 0.15) is 51.7 Å². The number of aliphatic imine (C=N–C) groups is 1. The highest BCUT2D eigenvalue weighted by Gasteiger charge is 2.19. The summed E-state index contributed by atoms with van der Waals surface area (Å²) >= 11 is 0. The molecular weight excluding hydrogens is 513 g/mol. The highest BCUT2D eigenvalue weighted by atomic mass is 127. The normalized spacial score (nSPS) is 15.8. The van der Waals surface area contributed by atoms with Gasteiger partial charge in [-0.2, -0.15) is 0 Å². The van der Waals surface area contributed by atoms with E-state index in [1.165, 1.54) is 22.0 Å². The van der Waals surface area contributed by atoms with Crippen molar-refractivity contribution in [3.63, 3.8) is 0 Å². The van der Waals surface area contributed by atoms with Crippen molar-refractivity contribution in [3.8, 4) is 0 Å². The van der Waals surface area contributed by atoms with E-state index >= 15 is 0 Å². The van der Waals surface area contributed by atoms with Gasteiger partial charge in [0, 0.05) is 55.9 Å². The lowest BCUT2D eigenvalue weighted by atomic mass is 10.1. The van der Waals surface area contributed by atoms with Crippen molar-refractivity contribution in [2.75, 3.05) is 39.3 Å². The Morgan fingerprint density at radius 2 is 2.00 bits per heavy atom. The highest BCUT2D eigenvalue weighted by molar-refractivity contribution is 14.0. The number of benzene rings is 1. The minimum atomic E-state index is 0. The van der Waals surface area contributed by atoms with Crippen molar-refractivity contribution in [1.82, 2.24) is 20.5 Å². The fraction of sp³-hybridized carbons (Fsp3) is 0.640. The van der Waals surface area contributed by atoms with Crippen LogP contribution in [0.15, 0.2) is 29.4 Å². The molecule has 1 aliphatic heterocycles. The van der Waals surface area contributed by atoms with Gasteiger partial charge in [-0.05, 0) is 57.6 Å². The molecule has 6 nitrogen and oxygen atoms in total. The van der Waals surface area contributed by atoms with Gasteiger partial charge in [0.05, 0.1) is 12.7 Å². The van der Waals surface area contributed by atoms with Gasteiger partial charge in [-0.15, -0.1) is 24.0 Å². The number of nitrogens with one attached hydrogen (secondary N) is 3. The number of nitrogens with zero attached hydrogens (tertiary/aromatic N) is 2. The number of piperidine rings is 1. The summed E-state index contributed by atoms with van der Waals surface area (Å²) in [6.45, 7) is 14.3. The van der Waals surface area contributed by atoms with Crippen molar-refractivity contribution in [2.24, 2.45) is 4.99 Å². The van der Waals surface area contributed by atoms with Crippen LogP contribution in [0.25, 0.3) is 10.9 Å². The molecule has 1 saturated heterocycles. The predicted octanol–water partition coefficient (Wildman–Crippen LogP) is 4.34. The molecule has 2 aromatic rings. The number of ether oxygens (including phenoxy) is 1. The zero-order chi connectivity index (χ0) is 22.1. The summed E-state index contributed by atoms with van der Waals surface area (Å²) in [5.41, 5.74) is 4.01. The molecule has 0 spiro atoms. The molecule has 3 rings (SSSR count). The molecule has 0 radical (unpaired) electrons. The smallest absolute Gasteiger partial charge is 0.191 e. The van der Waals surface area contributed by atoms with Crippen molar-refractivity contribution in [2.45, 2.75) is 65.5 Å². The van der Waals surface area contributed by atoms with Gasteiger partial charge in [0.1, 0.15) is 0 Å². The summed E-state index contributed by atoms with van der Waals surface area (Å²) < 4.78 is 5.69. The van der Waals surface area contributed by atoms with E-state index in [4.69, 9.17) is 9.73 Å². The molecule has 3 N–H and O–H groups in total. The number of guanidine groups is 1. The van der Waals surface area contributed by atoms with Crippen molar-refractivity contribution < 1.29 is 4.74 Å². The quantitative estimate of drug-likeness (QED) is 0.232. The van der Waals surface area contributed by atoms with Crippen LogP contribution < -0.4 is 10.6 Å². The van der Waals surface area contributed by atoms with Crippen LogP contribution >= 0.6 is 24.0 Å². The Bertz CT molecular complexity index is 827. The molecule has 1 aliphatic rings. The van der Waals surface area contributed by atoms with Crippen LogP contribution in [0.2, 0.25) is 0 Å². The maximum atomic E-state index is 5.69. The first-order chi connectivity index (χ1) is 15.1. The number of fused-ring (bicyclic) bond motifs is 1. The lowest BCUT2D eigenvalue weighted by molar-refractivity contribution is 0.0532. The zero-order valence-corrected chi connectivity index (χ0v) is 22.6. The number of para-hydroxylation sites is 1. The van der Waals surface area contributed by atoms with Crippen LogP contribution in [0.4, 0.5) is 0 Å². The molecule has 0 aliphatic carbocycles. The minimum Gasteiger partial charge on any atom is -0.377 e. The Hall–Kier alpha value is -1.32. The van der Waals surface area contributed by atoms with Crippen LogP contribution in [0, 0.1) is 0 Å². The molecule has 32 heavy (non-hydrogen) atoms. The number of aromatic nitrogens is 1. The topological polar surface area (TPSA) is 64.7 Å². The van der Waals surface area contributed by atoms with Gasteiger partial charge < -0.3 is 25.3 Å². The Kier molecular flexibility index (Phi) is 11.8. The van der Waals surface area contributed by atoms with E-state index in [-0.39, 0.29) is 24.0 Å². The average Bonchev–Trinajstić information content (AvgIpc) is 3.18. The van der Waals surface area contributed by atoms with Crippen LogP contribution in [-0.2, 0) is 17.6 Å². The Balaban J connectivity index is 0.00000363. The fourth-order valence-electron chi connectivity index (χ4n) is 4.30. The number of hydrogen-bond donors (Lipinski definition) is 3. The van der Waals surface area contributed by atoms with Gasteiger partial charge in [0.15, 0.2) is 5.96 Å². The molecule has 0 atom stereocenters. The summed E-state index contributed by atoms with van der Waals surface area (Å²) in [5.74, 6) is 0.943. The number of hydrogen-bond acceptors (Lipinski definition) is 3. The molecule has 0 amide bonds. The number of aromatic amines is 1. The number of H-pyrrole nitrogens is 1. The molecule has 0 saturated carbocycles. The second kappa shape index (κ2) is 14.1. The predicted molar refractivity (Wildman–Crippen MR) is 146 cm³/mol. The zero-order valence-electron chi connectivity index (χ0n) is 20.2. The van der Waals surface area contributed by atoms with Crippen molar-refractivity contribution >= 4 is 40.8 Å². The van der Waals surface area contributed by atoms with E-state index in [1.54, 1.807) is 0 Å². The molecule has 0 bridgehead atoms. The summed E-state index contributed by atoms with van der Waals surface area (Å²) in [6, 6.07) is 7.07. The van der Waals surface area contributed by atoms with Gasteiger partial charge in [-0.25, -0.2) is 0 Å². The van der Waals surface area contributed by atoms with Crippen LogP contribution in [0.5, 0.6) is 0 Å². The van der Waals surface area contributed by atoms with Gasteiger partial charge in [-0.1, -0.05) is 25.1 Å². The molecule has 180 valence electrons. The SMILES string of the molecule is CCNC(=NCCc1c[nH]c2c(CC)cccc12)NC1CCN(CCOC(C)C)CC1.I. The summed E-state index contributed by atoms with van der Waals surface area (Å²) in [7, 11) is 0. The number of likely N-dealkylation sites (tertiary alicyclic amines) is 1. The molecule has 1 aromatic carbocycles. The van der Waals surface area contributed by atoms with Gasteiger partial charge in [-0.3, -0.25) is 4.99 Å². The first-order valence-corrected chi connectivity index (χ1v) is 12.1. The summed E-state index contributed by atoms with van der Waals surface area (Å²) in [5, 5.41) is 8.42. The number of halogens is 1. The third-order valence-corrected chi connectivity index (χ3v) is 6.05. The molecule has 1 fully saturated rings. The molecule has 7 heteroatoms. The molecular formula is C25H42IN5O. The number of rotatable bonds is 10. The van der Waals surface area contributed by atoms with Gasteiger partial charge >= 0.3 is 0 Å². The standard InChI is InChI=1S/C25H41N5O.HI/c1-5-20-8-7-9-23-21(18-28-24(20)23)10-13-27-25(26-6-2)29-22-11-14-30(15-12-22)16-17-31-19(3)4;/h7-9,18-19,22,28H,5-6,10-17H2,1-4H3,(H2,26,27,29);1H. The molecule has 2 heterocycles. The maximum Gasteiger partial charge on any atom is 0.191 e. The van der Waals surface area contributed by atoms with Crippen molar-refractivity contribution in [3.05, 3.63) is 35.5 Å². The van der Waals surface area contributed by atoms with E-state index in [0.29, 0.717) is 12.1 Å². The van der Waals surface area contributed by atoms with Crippen LogP contribution in [0.3, 0.4) is 0 Å². The lowest BCUT2D eigenvalue weighted by Gasteiger charge is -2.33. The van der Waals surface area contributed by atoms with E-state index in [9.17, 15) is 0 Å². The minimum absolute atomic E-state index is 0. The summed E-state index contributed by atoms with van der Waals surface area (Å²) in [6.07, 6.45) is 6.75. The fourth-order valence-corrected chi connectivity index (χ4v) is 4.30. The lowest BCUT2D eigenvalue weighted by Crippen LogP contribution is -2.49.